The summed E-state index contributed by atoms with van der Waals surface area (Å²) >= 11 is 0. The molecule has 1 N–H and O–H groups in total. The highest BCUT2D eigenvalue weighted by Gasteiger charge is 2.67. The normalized spacial score (nSPS) is 54.5. The Bertz CT molecular complexity index is 575. The van der Waals surface area contributed by atoms with Crippen molar-refractivity contribution in [3.63, 3.8) is 0 Å². The van der Waals surface area contributed by atoms with Crippen LogP contribution in [0.1, 0.15) is 59.8 Å². The second kappa shape index (κ2) is 5.48. The molecule has 2 bridgehead atoms. The summed E-state index contributed by atoms with van der Waals surface area (Å²) in [6.07, 6.45) is 4.96. The number of hydrogen-bond donors (Lipinski definition) is 1. The van der Waals surface area contributed by atoms with E-state index in [0.717, 1.165) is 19.3 Å². The largest absolute Gasteiger partial charge is 0.392 e. The van der Waals surface area contributed by atoms with Gasteiger partial charge in [0.2, 0.25) is 0 Å². The zero-order chi connectivity index (χ0) is 17.9. The lowest BCUT2D eigenvalue weighted by molar-refractivity contribution is -0.172. The van der Waals surface area contributed by atoms with E-state index >= 15 is 0 Å². The number of carbonyl (C=O) groups is 1. The van der Waals surface area contributed by atoms with E-state index in [1.165, 1.54) is 0 Å². The molecule has 3 aliphatic carbocycles. The van der Waals surface area contributed by atoms with Crippen molar-refractivity contribution in [1.29, 1.82) is 0 Å². The lowest BCUT2D eigenvalue weighted by atomic mass is 9.43. The monoisotopic (exact) mass is 333 g/mol. The van der Waals surface area contributed by atoms with E-state index in [9.17, 15) is 14.8 Å². The second-order valence-electron chi connectivity index (χ2n) is 9.21. The predicted molar refractivity (Wildman–Crippen MR) is 94.3 cm³/mol. The molecule has 0 aromatic rings. The van der Waals surface area contributed by atoms with Gasteiger partial charge in [0.15, 0.2) is 0 Å². The third-order valence-corrected chi connectivity index (χ3v) is 8.45. The van der Waals surface area contributed by atoms with Crippen LogP contribution in [0.5, 0.6) is 0 Å². The van der Waals surface area contributed by atoms with Crippen LogP contribution in [0.4, 0.5) is 0 Å². The first-order valence-electron chi connectivity index (χ1n) is 9.34. The highest BCUT2D eigenvalue weighted by atomic mass is 16.3. The molecule has 24 heavy (non-hydrogen) atoms. The SMILES string of the molecule is C=C[C@]1(C)C[C@@H](O)[C@@]2(C)C3C(=O)CCC3(CC[C@H]2C)[C@@H](C)[C@@H]1N=O. The van der Waals surface area contributed by atoms with Crippen LogP contribution in [0.2, 0.25) is 0 Å². The number of carbonyl (C=O) groups excluding carboxylic acids is 1. The van der Waals surface area contributed by atoms with Crippen molar-refractivity contribution in [2.45, 2.75) is 71.9 Å². The fraction of sp³-hybridized carbons (Fsp3) is 0.850. The summed E-state index contributed by atoms with van der Waals surface area (Å²) in [5.74, 6) is 0.433. The van der Waals surface area contributed by atoms with E-state index in [4.69, 9.17) is 0 Å². The average Bonchev–Trinajstić information content (AvgIpc) is 2.89. The van der Waals surface area contributed by atoms with Crippen LogP contribution < -0.4 is 0 Å². The number of aliphatic hydroxyl groups excluding tert-OH is 1. The molecule has 0 radical (unpaired) electrons. The lowest BCUT2D eigenvalue weighted by Gasteiger charge is -2.61. The maximum Gasteiger partial charge on any atom is 0.137 e. The first-order valence-corrected chi connectivity index (χ1v) is 9.34. The zero-order valence-electron chi connectivity index (χ0n) is 15.4. The summed E-state index contributed by atoms with van der Waals surface area (Å²) in [6, 6.07) is -0.448. The molecular formula is C20H31NO3. The highest BCUT2D eigenvalue weighted by Crippen LogP contribution is 2.67. The molecule has 134 valence electrons. The molecule has 8 atom stereocenters. The maximum atomic E-state index is 12.9. The molecule has 3 rings (SSSR count). The van der Waals surface area contributed by atoms with Gasteiger partial charge in [-0.2, -0.15) is 4.91 Å². The Balaban J connectivity index is 2.23. The van der Waals surface area contributed by atoms with Crippen molar-refractivity contribution in [2.75, 3.05) is 0 Å². The Morgan fingerprint density at radius 1 is 1.29 bits per heavy atom. The van der Waals surface area contributed by atoms with Gasteiger partial charge in [0.1, 0.15) is 11.8 Å². The summed E-state index contributed by atoms with van der Waals surface area (Å²) in [5, 5.41) is 14.8. The van der Waals surface area contributed by atoms with Crippen molar-refractivity contribution >= 4 is 5.78 Å². The quantitative estimate of drug-likeness (QED) is 0.610. The fourth-order valence-corrected chi connectivity index (χ4v) is 6.58. The number of aliphatic hydroxyl groups is 1. The standard InChI is InChI=1S/C20H31NO3/c1-6-18(4)11-15(23)19(5)12(2)7-9-20(13(3)17(18)21-24)10-8-14(22)16(19)20/h6,12-13,15-17,23H,1,7-11H2,2-5H3/t12-,13+,15-,16?,17+,18-,19+,20?/m1/s1. The minimum absolute atomic E-state index is 0.0220. The van der Waals surface area contributed by atoms with E-state index in [0.29, 0.717) is 12.8 Å². The lowest BCUT2D eigenvalue weighted by Crippen LogP contribution is -2.62. The number of Topliss-reactive ketones (excluding diaryl/α,β-unsaturated/α-hetero) is 1. The van der Waals surface area contributed by atoms with Crippen molar-refractivity contribution in [1.82, 2.24) is 0 Å². The molecule has 2 unspecified atom stereocenters. The fourth-order valence-electron chi connectivity index (χ4n) is 6.58. The van der Waals surface area contributed by atoms with Crippen LogP contribution in [0, 0.1) is 38.9 Å². The number of ketones is 1. The third-order valence-electron chi connectivity index (χ3n) is 8.45. The van der Waals surface area contributed by atoms with Gasteiger partial charge in [-0.3, -0.25) is 4.79 Å². The van der Waals surface area contributed by atoms with Crippen LogP contribution in [0.15, 0.2) is 17.8 Å². The van der Waals surface area contributed by atoms with E-state index in [1.54, 1.807) is 6.08 Å². The van der Waals surface area contributed by atoms with Crippen LogP contribution in [0.25, 0.3) is 0 Å². The van der Waals surface area contributed by atoms with E-state index < -0.39 is 23.0 Å². The molecule has 0 saturated heterocycles. The zero-order valence-corrected chi connectivity index (χ0v) is 15.4. The van der Waals surface area contributed by atoms with Gasteiger partial charge in [0, 0.05) is 23.2 Å². The van der Waals surface area contributed by atoms with Gasteiger partial charge in [-0.15, -0.1) is 6.58 Å². The Morgan fingerprint density at radius 3 is 2.54 bits per heavy atom. The molecule has 3 fully saturated rings. The summed E-state index contributed by atoms with van der Waals surface area (Å²) in [7, 11) is 0. The molecule has 0 heterocycles. The Labute approximate surface area is 145 Å². The van der Waals surface area contributed by atoms with Crippen LogP contribution in [-0.2, 0) is 4.79 Å². The molecule has 0 aromatic heterocycles. The second-order valence-corrected chi connectivity index (χ2v) is 9.21. The summed E-state index contributed by atoms with van der Waals surface area (Å²) in [4.78, 5) is 24.7. The van der Waals surface area contributed by atoms with Crippen molar-refractivity contribution < 1.29 is 9.90 Å². The Morgan fingerprint density at radius 2 is 1.96 bits per heavy atom. The first kappa shape index (κ1) is 17.8. The minimum atomic E-state index is -0.626. The van der Waals surface area contributed by atoms with E-state index in [2.05, 4.69) is 32.5 Å². The van der Waals surface area contributed by atoms with Crippen LogP contribution in [-0.4, -0.2) is 23.0 Å². The summed E-state index contributed by atoms with van der Waals surface area (Å²) in [6.45, 7) is 12.3. The van der Waals surface area contributed by atoms with Crippen molar-refractivity contribution in [2.24, 2.45) is 39.2 Å². The Kier molecular flexibility index (Phi) is 4.06. The molecular weight excluding hydrogens is 302 g/mol. The van der Waals surface area contributed by atoms with Gasteiger partial charge in [-0.05, 0) is 42.9 Å². The average molecular weight is 333 g/mol. The van der Waals surface area contributed by atoms with Gasteiger partial charge in [0.25, 0.3) is 0 Å². The number of hydrogen-bond acceptors (Lipinski definition) is 4. The predicted octanol–water partition coefficient (Wildman–Crippen LogP) is 4.12. The molecule has 0 aromatic carbocycles. The maximum absolute atomic E-state index is 12.9. The minimum Gasteiger partial charge on any atom is -0.392 e. The van der Waals surface area contributed by atoms with E-state index in [-0.39, 0.29) is 29.0 Å². The Hall–Kier alpha value is -1.03. The van der Waals surface area contributed by atoms with Gasteiger partial charge < -0.3 is 5.11 Å². The molecule has 0 amide bonds. The van der Waals surface area contributed by atoms with Gasteiger partial charge in [-0.1, -0.05) is 38.9 Å². The highest BCUT2D eigenvalue weighted by molar-refractivity contribution is 5.85. The molecule has 0 aliphatic heterocycles. The molecule has 4 nitrogen and oxygen atoms in total. The molecule has 0 spiro atoms. The van der Waals surface area contributed by atoms with Crippen molar-refractivity contribution in [3.05, 3.63) is 17.6 Å². The summed E-state index contributed by atoms with van der Waals surface area (Å²) < 4.78 is 0. The van der Waals surface area contributed by atoms with Gasteiger partial charge >= 0.3 is 0 Å². The third kappa shape index (κ3) is 1.98. The number of nitroso groups, excluding NO2 is 1. The van der Waals surface area contributed by atoms with Crippen molar-refractivity contribution in [3.8, 4) is 0 Å². The number of nitrogens with zero attached hydrogens (tertiary/aromatic N) is 1. The smallest absolute Gasteiger partial charge is 0.137 e. The van der Waals surface area contributed by atoms with Gasteiger partial charge in [-0.25, -0.2) is 0 Å². The first-order chi connectivity index (χ1) is 11.2. The molecule has 3 saturated carbocycles. The van der Waals surface area contributed by atoms with Crippen LogP contribution >= 0.6 is 0 Å². The van der Waals surface area contributed by atoms with Crippen LogP contribution in [0.3, 0.4) is 0 Å². The number of rotatable bonds is 2. The topological polar surface area (TPSA) is 66.7 Å². The molecule has 3 aliphatic rings. The summed E-state index contributed by atoms with van der Waals surface area (Å²) in [5.41, 5.74) is -1.18. The molecule has 4 heteroatoms. The van der Waals surface area contributed by atoms with Gasteiger partial charge in [0.05, 0.1) is 6.10 Å². The van der Waals surface area contributed by atoms with E-state index in [1.807, 2.05) is 6.92 Å².